The van der Waals surface area contributed by atoms with Gasteiger partial charge in [0.2, 0.25) is 0 Å². The number of benzene rings is 4. The molecule has 0 fully saturated rings. The second kappa shape index (κ2) is 16.1. The minimum absolute atomic E-state index is 0.00541. The topological polar surface area (TPSA) is 130 Å². The molecule has 0 bridgehead atoms. The number of allylic oxidation sites excluding steroid dienone is 6. The van der Waals surface area contributed by atoms with Crippen molar-refractivity contribution in [2.45, 2.75) is 31.7 Å². The fraction of sp³-hybridized carbons (Fsp3) is 0.244. The van der Waals surface area contributed by atoms with Crippen LogP contribution in [0.2, 0.25) is 0 Å². The van der Waals surface area contributed by atoms with E-state index in [9.17, 15) is 21.4 Å². The van der Waals surface area contributed by atoms with Gasteiger partial charge >= 0.3 is 259 Å². The predicted molar refractivity (Wildman–Crippen MR) is 215 cm³/mol. The van der Waals surface area contributed by atoms with E-state index in [1.54, 1.807) is 7.11 Å². The van der Waals surface area contributed by atoms with Crippen LogP contribution in [0.15, 0.2) is 129 Å². The number of aromatic nitrogens is 1. The Morgan fingerprint density at radius 1 is 1.02 bits per heavy atom. The summed E-state index contributed by atoms with van der Waals surface area (Å²) in [6, 6.07) is 28.6. The van der Waals surface area contributed by atoms with E-state index < -0.39 is 20.1 Å². The monoisotopic (exact) mass is 832 g/mol. The summed E-state index contributed by atoms with van der Waals surface area (Å²) < 4.78 is 75.3. The third kappa shape index (κ3) is 9.06. The zero-order valence-corrected chi connectivity index (χ0v) is 33.4. The number of sulfonamides is 1. The Balaban J connectivity index is 1.24. The molecule has 2 aliphatic rings. The minimum atomic E-state index is -4.11. The molecule has 0 radical (unpaired) electrons. The normalized spacial score (nSPS) is 17.9. The molecular formula is C41H42N3O7S2Se+. The second-order valence-corrected chi connectivity index (χ2v) is 19.1. The van der Waals surface area contributed by atoms with E-state index in [0.29, 0.717) is 24.6 Å². The van der Waals surface area contributed by atoms with Gasteiger partial charge in [-0.05, 0) is 11.5 Å². The van der Waals surface area contributed by atoms with Crippen LogP contribution in [-0.2, 0) is 26.7 Å². The van der Waals surface area contributed by atoms with E-state index in [2.05, 4.69) is 58.2 Å². The molecule has 0 amide bonds. The Bertz CT molecular complexity index is 2540. The van der Waals surface area contributed by atoms with Crippen molar-refractivity contribution in [1.82, 2.24) is 4.72 Å². The van der Waals surface area contributed by atoms with E-state index in [1.807, 2.05) is 71.3 Å². The first-order chi connectivity index (χ1) is 25.9. The van der Waals surface area contributed by atoms with E-state index in [4.69, 9.17) is 9.15 Å². The first-order valence-corrected chi connectivity index (χ1v) is 22.9. The number of hydrogen-bond donors (Lipinski definition) is 2. The van der Waals surface area contributed by atoms with Crippen molar-refractivity contribution < 1.29 is 35.1 Å². The van der Waals surface area contributed by atoms with Crippen LogP contribution in [0.4, 0.5) is 5.69 Å². The number of nitrogens with zero attached hydrogens (tertiary/aromatic N) is 2. The SMILES string of the molecule is COc1ccc2c(c1)N(CCNS(C)(=O)=O)/C(=C/C1=CC(=C/C=C/c3oc4ccc5ccccc5c4[n+]3CCCS(=O)(=O)O)/CC(c3ccccc3)C1)[Se]2. The Morgan fingerprint density at radius 3 is 2.59 bits per heavy atom. The number of nitrogens with one attached hydrogen (secondary N) is 1. The van der Waals surface area contributed by atoms with Crippen LogP contribution >= 0.6 is 0 Å². The predicted octanol–water partition coefficient (Wildman–Crippen LogP) is 5.84. The van der Waals surface area contributed by atoms with E-state index in [-0.39, 0.29) is 39.6 Å². The van der Waals surface area contributed by atoms with Gasteiger partial charge in [-0.2, -0.15) is 8.42 Å². The molecule has 1 unspecified atom stereocenters. The molecule has 4 aromatic carbocycles. The van der Waals surface area contributed by atoms with Crippen LogP contribution in [0.25, 0.3) is 27.9 Å². The number of ether oxygens (including phenoxy) is 1. The van der Waals surface area contributed by atoms with Crippen LogP contribution in [-0.4, -0.2) is 68.6 Å². The van der Waals surface area contributed by atoms with Gasteiger partial charge in [0.1, 0.15) is 0 Å². The number of oxazole rings is 1. The average molecular weight is 832 g/mol. The van der Waals surface area contributed by atoms with Crippen molar-refractivity contribution >= 4 is 73.2 Å². The van der Waals surface area contributed by atoms with Crippen molar-refractivity contribution in [3.8, 4) is 5.75 Å². The fourth-order valence-corrected chi connectivity index (χ4v) is 10.5. The summed E-state index contributed by atoms with van der Waals surface area (Å²) >= 11 is 0.00541. The first kappa shape index (κ1) is 37.8. The summed E-state index contributed by atoms with van der Waals surface area (Å²) in [4.78, 5) is 2.21. The van der Waals surface area contributed by atoms with E-state index in [1.165, 1.54) is 21.9 Å². The summed E-state index contributed by atoms with van der Waals surface area (Å²) in [6.07, 6.45) is 13.6. The number of hydrogen-bond acceptors (Lipinski definition) is 7. The zero-order chi connectivity index (χ0) is 37.9. The maximum absolute atomic E-state index is 11.9. The molecule has 280 valence electrons. The molecule has 5 aromatic rings. The van der Waals surface area contributed by atoms with Gasteiger partial charge in [-0.1, -0.05) is 24.3 Å². The number of anilines is 1. The molecule has 54 heavy (non-hydrogen) atoms. The quantitative estimate of drug-likeness (QED) is 0.0861. The molecule has 2 N–H and O–H groups in total. The van der Waals surface area contributed by atoms with Crippen LogP contribution in [0.5, 0.6) is 5.75 Å². The third-order valence-corrected chi connectivity index (χ3v) is 13.4. The number of rotatable bonds is 13. The van der Waals surface area contributed by atoms with Crippen LogP contribution in [0.1, 0.15) is 36.6 Å². The van der Waals surface area contributed by atoms with E-state index in [0.717, 1.165) is 50.7 Å². The van der Waals surface area contributed by atoms with Gasteiger partial charge in [0, 0.05) is 0 Å². The second-order valence-electron chi connectivity index (χ2n) is 13.4. The molecule has 0 spiro atoms. The van der Waals surface area contributed by atoms with Gasteiger partial charge in [0.15, 0.2) is 0 Å². The Morgan fingerprint density at radius 2 is 1.81 bits per heavy atom. The molecule has 2 heterocycles. The number of methoxy groups -OCH3 is 1. The summed E-state index contributed by atoms with van der Waals surface area (Å²) in [7, 11) is -5.80. The number of aryl methyl sites for hydroxylation is 1. The molecule has 0 saturated heterocycles. The number of fused-ring (bicyclic) bond motifs is 4. The van der Waals surface area contributed by atoms with Gasteiger partial charge in [-0.25, -0.2) is 0 Å². The fourth-order valence-electron chi connectivity index (χ4n) is 7.10. The van der Waals surface area contributed by atoms with Gasteiger partial charge in [-0.3, -0.25) is 4.55 Å². The third-order valence-electron chi connectivity index (χ3n) is 9.50. The van der Waals surface area contributed by atoms with Crippen LogP contribution in [0, 0.1) is 0 Å². The molecule has 0 saturated carbocycles. The molecule has 10 nitrogen and oxygen atoms in total. The summed E-state index contributed by atoms with van der Waals surface area (Å²) in [5, 5.41) is 2.04. The maximum atomic E-state index is 11.9. The molecule has 1 aliphatic heterocycles. The first-order valence-electron chi connectivity index (χ1n) is 17.7. The van der Waals surface area contributed by atoms with Gasteiger partial charge < -0.3 is 0 Å². The Hall–Kier alpha value is -4.49. The van der Waals surface area contributed by atoms with E-state index >= 15 is 0 Å². The molecule has 13 heteroatoms. The van der Waals surface area contributed by atoms with Crippen molar-refractivity contribution in [1.29, 1.82) is 0 Å². The summed E-state index contributed by atoms with van der Waals surface area (Å²) in [5.74, 6) is 1.24. The molecule has 7 rings (SSSR count). The molecule has 1 atom stereocenters. The Labute approximate surface area is 322 Å². The molecule has 1 aromatic heterocycles. The van der Waals surface area contributed by atoms with Crippen molar-refractivity contribution in [3.05, 3.63) is 136 Å². The zero-order valence-electron chi connectivity index (χ0n) is 30.0. The van der Waals surface area contributed by atoms with Crippen LogP contribution in [0.3, 0.4) is 0 Å². The van der Waals surface area contributed by atoms with Gasteiger partial charge in [0.05, 0.1) is 5.75 Å². The van der Waals surface area contributed by atoms with Crippen molar-refractivity contribution in [2.24, 2.45) is 0 Å². The van der Waals surface area contributed by atoms with Crippen molar-refractivity contribution in [3.63, 3.8) is 0 Å². The van der Waals surface area contributed by atoms with Gasteiger partial charge in [0.25, 0.3) is 10.1 Å². The Kier molecular flexibility index (Phi) is 11.3. The average Bonchev–Trinajstić information content (AvgIpc) is 3.67. The molecular weight excluding hydrogens is 790 g/mol. The van der Waals surface area contributed by atoms with Gasteiger partial charge in [-0.15, -0.1) is 0 Å². The molecule has 1 aliphatic carbocycles. The van der Waals surface area contributed by atoms with Crippen molar-refractivity contribution in [2.75, 3.05) is 37.1 Å². The van der Waals surface area contributed by atoms with Crippen LogP contribution < -0.4 is 23.4 Å². The standard InChI is InChI=1S/C41H41N3O7S2Se/c1-50-34-17-19-38-36(28-34)43(22-20-42-52(2,45)46)40(54-38)27-30-24-29(25-33(26-30)31-11-4-3-5-12-31)10-8-15-39-44(21-9-23-53(47,48)49)41-35-14-7-6-13-32(35)16-18-37(41)51-39/h3-8,10-19,24,27-28,33,42H,9,20-23,25-26H2,1-2H3/p+1. The summed E-state index contributed by atoms with van der Waals surface area (Å²) in [6.45, 7) is 1.10. The summed E-state index contributed by atoms with van der Waals surface area (Å²) in [5.41, 5.74) is 6.19.